The summed E-state index contributed by atoms with van der Waals surface area (Å²) in [4.78, 5) is 14.6. The first-order valence-corrected chi connectivity index (χ1v) is 7.02. The second-order valence-electron chi connectivity index (χ2n) is 5.62. The molecule has 0 bridgehead atoms. The Morgan fingerprint density at radius 2 is 2.05 bits per heavy atom. The summed E-state index contributed by atoms with van der Waals surface area (Å²) in [5, 5.41) is 12.2. The Morgan fingerprint density at radius 3 is 2.76 bits per heavy atom. The van der Waals surface area contributed by atoms with Crippen molar-refractivity contribution >= 4 is 16.5 Å². The minimum atomic E-state index is -0.408. The number of nitro groups is 1. The standard InChI is InChI=1S/C15H17N3O3/c16-15(6-1-2-7-15)10-21-14-4-3-13(18(19)20)12-9-17-8-5-11(12)14/h3-5,8-9H,1-2,6-7,10,16H2. The van der Waals surface area contributed by atoms with Crippen molar-refractivity contribution in [1.82, 2.24) is 4.98 Å². The molecule has 6 nitrogen and oxygen atoms in total. The van der Waals surface area contributed by atoms with E-state index in [1.165, 1.54) is 12.3 Å². The van der Waals surface area contributed by atoms with Crippen molar-refractivity contribution < 1.29 is 9.66 Å². The number of aromatic nitrogens is 1. The number of fused-ring (bicyclic) bond motifs is 1. The predicted molar refractivity (Wildman–Crippen MR) is 79.3 cm³/mol. The monoisotopic (exact) mass is 287 g/mol. The zero-order valence-corrected chi connectivity index (χ0v) is 11.6. The average molecular weight is 287 g/mol. The highest BCUT2D eigenvalue weighted by atomic mass is 16.6. The van der Waals surface area contributed by atoms with E-state index in [9.17, 15) is 10.1 Å². The highest BCUT2D eigenvalue weighted by molar-refractivity contribution is 5.94. The molecular weight excluding hydrogens is 270 g/mol. The van der Waals surface area contributed by atoms with Gasteiger partial charge in [0.05, 0.1) is 15.8 Å². The molecule has 0 amide bonds. The number of nitro benzene ring substituents is 1. The third-order valence-corrected chi connectivity index (χ3v) is 4.07. The lowest BCUT2D eigenvalue weighted by atomic mass is 10.0. The predicted octanol–water partition coefficient (Wildman–Crippen LogP) is 2.79. The fourth-order valence-electron chi connectivity index (χ4n) is 2.88. The maximum atomic E-state index is 11.1. The molecule has 0 spiro atoms. The number of hydrogen-bond donors (Lipinski definition) is 1. The van der Waals surface area contributed by atoms with E-state index in [-0.39, 0.29) is 11.2 Å². The minimum Gasteiger partial charge on any atom is -0.491 e. The van der Waals surface area contributed by atoms with Crippen LogP contribution in [0.4, 0.5) is 5.69 Å². The van der Waals surface area contributed by atoms with Gasteiger partial charge in [-0.3, -0.25) is 15.1 Å². The molecule has 2 N–H and O–H groups in total. The summed E-state index contributed by atoms with van der Waals surface area (Å²) < 4.78 is 5.87. The molecule has 1 aromatic carbocycles. The molecular formula is C15H17N3O3. The van der Waals surface area contributed by atoms with Crippen molar-refractivity contribution in [3.8, 4) is 5.75 Å². The zero-order valence-electron chi connectivity index (χ0n) is 11.6. The van der Waals surface area contributed by atoms with Gasteiger partial charge in [-0.25, -0.2) is 0 Å². The van der Waals surface area contributed by atoms with Gasteiger partial charge < -0.3 is 10.5 Å². The Bertz CT molecular complexity index is 681. The molecule has 0 atom stereocenters. The fourth-order valence-corrected chi connectivity index (χ4v) is 2.88. The Labute approximate surface area is 122 Å². The molecule has 1 heterocycles. The van der Waals surface area contributed by atoms with Crippen LogP contribution in [0.3, 0.4) is 0 Å². The van der Waals surface area contributed by atoms with Gasteiger partial charge in [-0.1, -0.05) is 12.8 Å². The smallest absolute Gasteiger partial charge is 0.279 e. The van der Waals surface area contributed by atoms with E-state index >= 15 is 0 Å². The lowest BCUT2D eigenvalue weighted by molar-refractivity contribution is -0.383. The molecule has 21 heavy (non-hydrogen) atoms. The molecule has 1 aliphatic carbocycles. The molecule has 0 radical (unpaired) electrons. The van der Waals surface area contributed by atoms with Crippen LogP contribution in [0.1, 0.15) is 25.7 Å². The van der Waals surface area contributed by atoms with Crippen LogP contribution in [0.2, 0.25) is 0 Å². The highest BCUT2D eigenvalue weighted by Crippen LogP contribution is 2.34. The second kappa shape index (κ2) is 5.29. The maximum absolute atomic E-state index is 11.1. The summed E-state index contributed by atoms with van der Waals surface area (Å²) in [6.07, 6.45) is 7.27. The second-order valence-corrected chi connectivity index (χ2v) is 5.62. The first kappa shape index (κ1) is 13.8. The van der Waals surface area contributed by atoms with Gasteiger partial charge in [-0.2, -0.15) is 0 Å². The number of nitrogens with zero attached hydrogens (tertiary/aromatic N) is 2. The van der Waals surface area contributed by atoms with E-state index in [4.69, 9.17) is 10.5 Å². The topological polar surface area (TPSA) is 91.3 Å². The van der Waals surface area contributed by atoms with E-state index in [0.717, 1.165) is 25.7 Å². The van der Waals surface area contributed by atoms with Crippen molar-refractivity contribution in [3.05, 3.63) is 40.7 Å². The minimum absolute atomic E-state index is 0.0359. The lowest BCUT2D eigenvalue weighted by Gasteiger charge is -2.24. The van der Waals surface area contributed by atoms with Crippen LogP contribution in [0.5, 0.6) is 5.75 Å². The highest BCUT2D eigenvalue weighted by Gasteiger charge is 2.30. The van der Waals surface area contributed by atoms with Crippen molar-refractivity contribution in [3.63, 3.8) is 0 Å². The Kier molecular flexibility index (Phi) is 3.47. The number of nitrogens with two attached hydrogens (primary N) is 1. The van der Waals surface area contributed by atoms with Gasteiger partial charge in [-0.05, 0) is 25.0 Å². The molecule has 6 heteroatoms. The molecule has 1 fully saturated rings. The maximum Gasteiger partial charge on any atom is 0.279 e. The largest absolute Gasteiger partial charge is 0.491 e. The quantitative estimate of drug-likeness (QED) is 0.689. The van der Waals surface area contributed by atoms with Gasteiger partial charge in [0.2, 0.25) is 0 Å². The van der Waals surface area contributed by atoms with Gasteiger partial charge >= 0.3 is 0 Å². The number of pyridine rings is 1. The molecule has 0 unspecified atom stereocenters. The van der Waals surface area contributed by atoms with Gasteiger partial charge in [0.25, 0.3) is 5.69 Å². The molecule has 1 aromatic heterocycles. The summed E-state index contributed by atoms with van der Waals surface area (Å²) >= 11 is 0. The Morgan fingerprint density at radius 1 is 1.29 bits per heavy atom. The van der Waals surface area contributed by atoms with Crippen LogP contribution >= 0.6 is 0 Å². The van der Waals surface area contributed by atoms with Gasteiger partial charge in [-0.15, -0.1) is 0 Å². The van der Waals surface area contributed by atoms with Crippen LogP contribution in [0.15, 0.2) is 30.6 Å². The summed E-state index contributed by atoms with van der Waals surface area (Å²) in [6.45, 7) is 0.433. The van der Waals surface area contributed by atoms with Crippen LogP contribution in [0.25, 0.3) is 10.8 Å². The van der Waals surface area contributed by atoms with Gasteiger partial charge in [0, 0.05) is 23.8 Å². The van der Waals surface area contributed by atoms with Crippen molar-refractivity contribution in [2.45, 2.75) is 31.2 Å². The van der Waals surface area contributed by atoms with Crippen LogP contribution in [-0.2, 0) is 0 Å². The molecule has 1 saturated carbocycles. The van der Waals surface area contributed by atoms with Crippen LogP contribution < -0.4 is 10.5 Å². The Hall–Kier alpha value is -2.21. The number of rotatable bonds is 4. The molecule has 1 aliphatic rings. The zero-order chi connectivity index (χ0) is 14.9. The molecule has 0 aliphatic heterocycles. The summed E-state index contributed by atoms with van der Waals surface area (Å²) in [5.74, 6) is 0.620. The Balaban J connectivity index is 1.92. The van der Waals surface area contributed by atoms with E-state index in [1.54, 1.807) is 18.3 Å². The average Bonchev–Trinajstić information content (AvgIpc) is 2.91. The first-order chi connectivity index (χ1) is 10.1. The number of non-ortho nitro benzene ring substituents is 1. The summed E-state index contributed by atoms with van der Waals surface area (Å²) in [7, 11) is 0. The number of hydrogen-bond acceptors (Lipinski definition) is 5. The van der Waals surface area contributed by atoms with Crippen molar-refractivity contribution in [2.75, 3.05) is 6.61 Å². The van der Waals surface area contributed by atoms with E-state index < -0.39 is 4.92 Å². The fraction of sp³-hybridized carbons (Fsp3) is 0.400. The summed E-state index contributed by atoms with van der Waals surface area (Å²) in [6, 6.07) is 4.82. The molecule has 2 aromatic rings. The molecule has 3 rings (SSSR count). The normalized spacial score (nSPS) is 17.0. The van der Waals surface area contributed by atoms with Crippen LogP contribution in [0, 0.1) is 10.1 Å². The van der Waals surface area contributed by atoms with E-state index in [2.05, 4.69) is 4.98 Å². The molecule has 0 saturated heterocycles. The van der Waals surface area contributed by atoms with Gasteiger partial charge in [0.15, 0.2) is 0 Å². The van der Waals surface area contributed by atoms with Crippen molar-refractivity contribution in [1.29, 1.82) is 0 Å². The number of ether oxygens (including phenoxy) is 1. The van der Waals surface area contributed by atoms with E-state index in [1.807, 2.05) is 0 Å². The van der Waals surface area contributed by atoms with Crippen LogP contribution in [-0.4, -0.2) is 22.1 Å². The summed E-state index contributed by atoms with van der Waals surface area (Å²) in [5.41, 5.74) is 6.04. The lowest BCUT2D eigenvalue weighted by Crippen LogP contribution is -2.42. The van der Waals surface area contributed by atoms with E-state index in [0.29, 0.717) is 23.1 Å². The SMILES string of the molecule is NC1(COc2ccc([N+](=O)[O-])c3cnccc23)CCCC1. The van der Waals surface area contributed by atoms with Crippen molar-refractivity contribution in [2.24, 2.45) is 5.73 Å². The van der Waals surface area contributed by atoms with Gasteiger partial charge in [0.1, 0.15) is 12.4 Å². The third-order valence-electron chi connectivity index (χ3n) is 4.07. The first-order valence-electron chi connectivity index (χ1n) is 7.02. The number of benzene rings is 1. The molecule has 110 valence electrons. The third kappa shape index (κ3) is 2.67.